The van der Waals surface area contributed by atoms with E-state index in [2.05, 4.69) is 9.97 Å². The second-order valence-electron chi connectivity index (χ2n) is 5.43. The van der Waals surface area contributed by atoms with Crippen molar-refractivity contribution >= 4 is 22.8 Å². The molecule has 5 nitrogen and oxygen atoms in total. The summed E-state index contributed by atoms with van der Waals surface area (Å²) in [6.45, 7) is 0.129. The van der Waals surface area contributed by atoms with Gasteiger partial charge in [-0.15, -0.1) is 0 Å². The highest BCUT2D eigenvalue weighted by molar-refractivity contribution is 5.96. The monoisotopic (exact) mass is 338 g/mol. The quantitative estimate of drug-likeness (QED) is 0.390. The molecular weight excluding hydrogens is 323 g/mol. The van der Waals surface area contributed by atoms with Crippen LogP contribution in [0.5, 0.6) is 0 Å². The SMILES string of the molecule is O=C(CCCOC(=O)c1ccc2nccnc2c1)c1ccc(F)cc1. The molecule has 3 aromatic rings. The molecule has 0 saturated heterocycles. The van der Waals surface area contributed by atoms with Crippen molar-refractivity contribution in [3.8, 4) is 0 Å². The van der Waals surface area contributed by atoms with Gasteiger partial charge in [0.2, 0.25) is 0 Å². The van der Waals surface area contributed by atoms with Crippen LogP contribution in [0.15, 0.2) is 54.9 Å². The van der Waals surface area contributed by atoms with Gasteiger partial charge in [-0.2, -0.15) is 0 Å². The van der Waals surface area contributed by atoms with Crippen molar-refractivity contribution in [3.05, 3.63) is 71.8 Å². The summed E-state index contributed by atoms with van der Waals surface area (Å²) in [4.78, 5) is 32.3. The molecule has 2 aromatic carbocycles. The van der Waals surface area contributed by atoms with Crippen molar-refractivity contribution in [2.75, 3.05) is 6.61 Å². The maximum atomic E-state index is 12.8. The molecule has 0 amide bonds. The average molecular weight is 338 g/mol. The van der Waals surface area contributed by atoms with Gasteiger partial charge in [0.05, 0.1) is 23.2 Å². The highest BCUT2D eigenvalue weighted by atomic mass is 19.1. The molecule has 0 unspecified atom stereocenters. The van der Waals surface area contributed by atoms with Crippen LogP contribution in [-0.2, 0) is 4.74 Å². The lowest BCUT2D eigenvalue weighted by atomic mass is 10.1. The van der Waals surface area contributed by atoms with E-state index in [1.807, 2.05) is 0 Å². The van der Waals surface area contributed by atoms with Gasteiger partial charge in [-0.25, -0.2) is 9.18 Å². The fourth-order valence-electron chi connectivity index (χ4n) is 2.35. The Morgan fingerprint density at radius 2 is 1.60 bits per heavy atom. The van der Waals surface area contributed by atoms with E-state index < -0.39 is 5.97 Å². The van der Waals surface area contributed by atoms with E-state index in [4.69, 9.17) is 4.74 Å². The maximum absolute atomic E-state index is 12.8. The molecule has 3 rings (SSSR count). The molecular formula is C19H15FN2O3. The molecule has 0 N–H and O–H groups in total. The minimum absolute atomic E-state index is 0.114. The molecule has 0 radical (unpaired) electrons. The Morgan fingerprint density at radius 1 is 0.920 bits per heavy atom. The van der Waals surface area contributed by atoms with Crippen LogP contribution >= 0.6 is 0 Å². The largest absolute Gasteiger partial charge is 0.462 e. The second-order valence-corrected chi connectivity index (χ2v) is 5.43. The first-order valence-electron chi connectivity index (χ1n) is 7.80. The number of fused-ring (bicyclic) bond motifs is 1. The number of nitrogens with zero attached hydrogens (tertiary/aromatic N) is 2. The fourth-order valence-corrected chi connectivity index (χ4v) is 2.35. The number of benzene rings is 2. The summed E-state index contributed by atoms with van der Waals surface area (Å²) in [5.41, 5.74) is 2.14. The number of aromatic nitrogens is 2. The predicted molar refractivity (Wildman–Crippen MR) is 89.8 cm³/mol. The molecule has 0 spiro atoms. The number of ether oxygens (including phenoxy) is 1. The highest BCUT2D eigenvalue weighted by Crippen LogP contribution is 2.12. The Labute approximate surface area is 143 Å². The summed E-state index contributed by atoms with van der Waals surface area (Å²) in [5.74, 6) is -0.968. The van der Waals surface area contributed by atoms with Crippen LogP contribution in [0.1, 0.15) is 33.6 Å². The third-order valence-electron chi connectivity index (χ3n) is 3.65. The molecule has 6 heteroatoms. The van der Waals surface area contributed by atoms with Gasteiger partial charge < -0.3 is 4.74 Å². The first kappa shape index (κ1) is 16.7. The number of Topliss-reactive ketones (excluding diaryl/α,β-unsaturated/α-hetero) is 1. The number of carbonyl (C=O) groups is 2. The van der Waals surface area contributed by atoms with E-state index in [-0.39, 0.29) is 24.6 Å². The van der Waals surface area contributed by atoms with Crippen LogP contribution in [0.2, 0.25) is 0 Å². The molecule has 0 atom stereocenters. The van der Waals surface area contributed by atoms with Crippen molar-refractivity contribution in [1.29, 1.82) is 0 Å². The number of hydrogen-bond donors (Lipinski definition) is 0. The molecule has 0 saturated carbocycles. The van der Waals surface area contributed by atoms with E-state index in [1.54, 1.807) is 30.6 Å². The molecule has 0 aliphatic carbocycles. The maximum Gasteiger partial charge on any atom is 0.338 e. The van der Waals surface area contributed by atoms with Crippen molar-refractivity contribution in [2.24, 2.45) is 0 Å². The molecule has 0 bridgehead atoms. The Bertz CT molecular complexity index is 910. The minimum atomic E-state index is -0.471. The summed E-state index contributed by atoms with van der Waals surface area (Å²) in [7, 11) is 0. The topological polar surface area (TPSA) is 69.2 Å². The molecule has 126 valence electrons. The molecule has 0 fully saturated rings. The minimum Gasteiger partial charge on any atom is -0.462 e. The normalized spacial score (nSPS) is 10.6. The summed E-state index contributed by atoms with van der Waals surface area (Å²) >= 11 is 0. The zero-order chi connectivity index (χ0) is 17.6. The van der Waals surface area contributed by atoms with E-state index in [0.29, 0.717) is 28.6 Å². The van der Waals surface area contributed by atoms with E-state index in [9.17, 15) is 14.0 Å². The number of ketones is 1. The summed E-state index contributed by atoms with van der Waals surface area (Å²) in [6.07, 6.45) is 3.76. The third kappa shape index (κ3) is 4.23. The predicted octanol–water partition coefficient (Wildman–Crippen LogP) is 3.59. The lowest BCUT2D eigenvalue weighted by molar-refractivity contribution is 0.0494. The molecule has 0 aliphatic heterocycles. The van der Waals surface area contributed by atoms with Gasteiger partial charge in [-0.05, 0) is 48.9 Å². The Hall–Kier alpha value is -3.15. The number of esters is 1. The van der Waals surface area contributed by atoms with Gasteiger partial charge in [0.1, 0.15) is 5.82 Å². The van der Waals surface area contributed by atoms with Gasteiger partial charge in [0.25, 0.3) is 0 Å². The molecule has 1 aromatic heterocycles. The first-order chi connectivity index (χ1) is 12.1. The Kier molecular flexibility index (Phi) is 5.09. The lowest BCUT2D eigenvalue weighted by Gasteiger charge is -2.05. The van der Waals surface area contributed by atoms with Crippen LogP contribution in [-0.4, -0.2) is 28.3 Å². The highest BCUT2D eigenvalue weighted by Gasteiger charge is 2.10. The first-order valence-corrected chi connectivity index (χ1v) is 7.80. The van der Waals surface area contributed by atoms with Crippen LogP contribution in [0.3, 0.4) is 0 Å². The van der Waals surface area contributed by atoms with Crippen LogP contribution in [0, 0.1) is 5.82 Å². The molecule has 0 aliphatic rings. The van der Waals surface area contributed by atoms with E-state index >= 15 is 0 Å². The van der Waals surface area contributed by atoms with Gasteiger partial charge >= 0.3 is 5.97 Å². The van der Waals surface area contributed by atoms with Gasteiger partial charge in [0.15, 0.2) is 5.78 Å². The average Bonchev–Trinajstić information content (AvgIpc) is 2.65. The molecule has 1 heterocycles. The number of hydrogen-bond acceptors (Lipinski definition) is 5. The zero-order valence-corrected chi connectivity index (χ0v) is 13.3. The number of halogens is 1. The van der Waals surface area contributed by atoms with E-state index in [0.717, 1.165) is 0 Å². The zero-order valence-electron chi connectivity index (χ0n) is 13.3. The summed E-state index contributed by atoms with van der Waals surface area (Å²) in [6, 6.07) is 10.3. The van der Waals surface area contributed by atoms with Gasteiger partial charge in [-0.1, -0.05) is 0 Å². The van der Waals surface area contributed by atoms with Crippen LogP contribution in [0.25, 0.3) is 11.0 Å². The number of carbonyl (C=O) groups excluding carboxylic acids is 2. The summed E-state index contributed by atoms with van der Waals surface area (Å²) < 4.78 is 18.0. The van der Waals surface area contributed by atoms with Crippen LogP contribution < -0.4 is 0 Å². The van der Waals surface area contributed by atoms with Crippen molar-refractivity contribution in [2.45, 2.75) is 12.8 Å². The standard InChI is InChI=1S/C19H15FN2O3/c20-15-6-3-13(4-7-15)18(23)2-1-11-25-19(24)14-5-8-16-17(12-14)22-10-9-21-16/h3-10,12H,1-2,11H2. The molecule has 25 heavy (non-hydrogen) atoms. The van der Waals surface area contributed by atoms with Crippen molar-refractivity contribution < 1.29 is 18.7 Å². The second kappa shape index (κ2) is 7.61. The smallest absolute Gasteiger partial charge is 0.338 e. The van der Waals surface area contributed by atoms with Crippen molar-refractivity contribution in [1.82, 2.24) is 9.97 Å². The third-order valence-corrected chi connectivity index (χ3v) is 3.65. The van der Waals surface area contributed by atoms with Crippen molar-refractivity contribution in [3.63, 3.8) is 0 Å². The Morgan fingerprint density at radius 3 is 2.36 bits per heavy atom. The van der Waals surface area contributed by atoms with E-state index in [1.165, 1.54) is 24.3 Å². The number of rotatable bonds is 6. The van der Waals surface area contributed by atoms with Crippen LogP contribution in [0.4, 0.5) is 4.39 Å². The lowest BCUT2D eigenvalue weighted by Crippen LogP contribution is -2.08. The summed E-state index contributed by atoms with van der Waals surface area (Å²) in [5, 5.41) is 0. The van der Waals surface area contributed by atoms with Gasteiger partial charge in [-0.3, -0.25) is 14.8 Å². The van der Waals surface area contributed by atoms with Gasteiger partial charge in [0, 0.05) is 24.4 Å². The Balaban J connectivity index is 1.50. The fraction of sp³-hybridized carbons (Fsp3) is 0.158.